The molecule has 0 saturated carbocycles. The Morgan fingerprint density at radius 2 is 0.759 bits per heavy atom. The molecule has 0 fully saturated rings. The zero-order valence-electron chi connectivity index (χ0n) is 38.7. The second kappa shape index (κ2) is 35.3. The van der Waals surface area contributed by atoms with E-state index < -0.39 is 0 Å². The molecule has 0 bridgehead atoms. The van der Waals surface area contributed by atoms with Gasteiger partial charge in [-0.2, -0.15) is 0 Å². The quantitative estimate of drug-likeness (QED) is 0.0304. The van der Waals surface area contributed by atoms with E-state index in [2.05, 4.69) is 99.9 Å². The molecule has 3 heteroatoms. The van der Waals surface area contributed by atoms with Gasteiger partial charge in [0, 0.05) is 23.1 Å². The summed E-state index contributed by atoms with van der Waals surface area (Å²) in [7, 11) is 0. The van der Waals surface area contributed by atoms with Crippen LogP contribution in [0.15, 0.2) is 59.7 Å². The standard InChI is InChI=1S/C53H82N2.2CH3.Ni/c1-5-9-13-15-16-17-18-19-20-21-22-23-24-25-26-27-28-29-33-37-51-50(36-32-14-10-6-2)52(48-42-38-46(39-43-48)34-30-11-7-3)55(54)53(51)49-44-40-47(41-45-49)35-31-12-8-4;;;/h38-45H,5-32,34-36H2,1-4H3;2*1H3;. The molecule has 1 aliphatic rings. The van der Waals surface area contributed by atoms with Crippen LogP contribution in [0.2, 0.25) is 11.8 Å². The van der Waals surface area contributed by atoms with Gasteiger partial charge in [0.05, 0.1) is 0 Å². The van der Waals surface area contributed by atoms with Crippen LogP contribution in [0.3, 0.4) is 0 Å². The molecule has 0 saturated heterocycles. The third-order valence-corrected chi connectivity index (χ3v) is 11.7. The third-order valence-electron chi connectivity index (χ3n) is 11.7. The molecular formula is C55H88N2Ni. The van der Waals surface area contributed by atoms with Crippen LogP contribution in [0.1, 0.15) is 236 Å². The summed E-state index contributed by atoms with van der Waals surface area (Å²) in [4.78, 5) is 0. The fraction of sp³-hybridized carbons (Fsp3) is 0.673. The molecule has 0 unspecified atom stereocenters. The van der Waals surface area contributed by atoms with E-state index in [4.69, 9.17) is 0 Å². The Balaban J connectivity index is 0.00000374. The number of nitrogens with zero attached hydrogens (tertiary/aromatic N) is 2. The van der Waals surface area contributed by atoms with Gasteiger partial charge in [-0.15, -0.1) is 0 Å². The summed E-state index contributed by atoms with van der Waals surface area (Å²) in [6.45, 7) is 9.10. The number of rotatable bonds is 32. The van der Waals surface area contributed by atoms with Gasteiger partial charge in [0.15, 0.2) is 0 Å². The van der Waals surface area contributed by atoms with Crippen molar-refractivity contribution in [1.29, 1.82) is 0 Å². The molecule has 58 heavy (non-hydrogen) atoms. The van der Waals surface area contributed by atoms with Crippen LogP contribution in [0, 0.1) is 11.8 Å². The summed E-state index contributed by atoms with van der Waals surface area (Å²) in [5.74, 6) is 11.4. The summed E-state index contributed by atoms with van der Waals surface area (Å²) < 4.78 is 1.49. The molecule has 328 valence electrons. The maximum absolute atomic E-state index is 12.1. The van der Waals surface area contributed by atoms with Crippen LogP contribution in [0.5, 0.6) is 0 Å². The monoisotopic (exact) mass is 835 g/mol. The fourth-order valence-corrected chi connectivity index (χ4v) is 8.18. The molecule has 0 aromatic heterocycles. The summed E-state index contributed by atoms with van der Waals surface area (Å²) in [5.41, 5.74) is 21.0. The van der Waals surface area contributed by atoms with Gasteiger partial charge in [0.25, 0.3) is 0 Å². The number of aryl methyl sites for hydroxylation is 2. The van der Waals surface area contributed by atoms with Gasteiger partial charge in [-0.3, -0.25) is 0 Å². The number of unbranched alkanes of at least 4 members (excludes halogenated alkanes) is 24. The van der Waals surface area contributed by atoms with E-state index in [1.54, 1.807) is 14.4 Å². The van der Waals surface area contributed by atoms with E-state index >= 15 is 0 Å². The first kappa shape index (κ1) is 51.7. The van der Waals surface area contributed by atoms with Crippen LogP contribution in [-0.2, 0) is 27.3 Å². The molecule has 0 spiro atoms. The number of hydrogen-bond donors (Lipinski definition) is 0. The molecule has 0 radical (unpaired) electrons. The van der Waals surface area contributed by atoms with Crippen molar-refractivity contribution >= 4 is 11.4 Å². The van der Waals surface area contributed by atoms with Crippen LogP contribution in [-0.4, -0.2) is 4.70 Å². The van der Waals surface area contributed by atoms with Crippen LogP contribution >= 0.6 is 0 Å². The number of benzene rings is 2. The van der Waals surface area contributed by atoms with Crippen molar-refractivity contribution in [2.45, 2.75) is 239 Å². The van der Waals surface area contributed by atoms with Crippen molar-refractivity contribution in [3.63, 3.8) is 0 Å². The zero-order chi connectivity index (χ0) is 41.9. The molecule has 2 nitrogen and oxygen atoms in total. The fourth-order valence-electron chi connectivity index (χ4n) is 8.18. The van der Waals surface area contributed by atoms with Crippen molar-refractivity contribution in [2.75, 3.05) is 0 Å². The predicted octanol–water partition coefficient (Wildman–Crippen LogP) is 18.5. The molecule has 2 aromatic rings. The summed E-state index contributed by atoms with van der Waals surface area (Å²) >= 11 is 1.62. The molecule has 0 aliphatic carbocycles. The molecule has 1 aliphatic heterocycles. The van der Waals surface area contributed by atoms with Gasteiger partial charge >= 0.3 is 26.2 Å². The average molecular weight is 836 g/mol. The summed E-state index contributed by atoms with van der Waals surface area (Å²) in [5, 5.41) is 0. The van der Waals surface area contributed by atoms with Crippen LogP contribution in [0.25, 0.3) is 16.9 Å². The SMILES string of the molecule is CCCCCCCCCCCCCCCCCCCC#CC1=C(c2ccc(CCCCC)cc2)[N+](=[N-])C(c2ccc(CCCCC)cc2)=C1CCCCCC.[CH3][Ni][CH3]. The van der Waals surface area contributed by atoms with E-state index in [-0.39, 0.29) is 0 Å². The first-order valence-corrected chi connectivity index (χ1v) is 26.4. The van der Waals surface area contributed by atoms with Gasteiger partial charge in [0.2, 0.25) is 11.4 Å². The molecule has 3 rings (SSSR count). The number of allylic oxidation sites excluding steroid dienone is 2. The maximum atomic E-state index is 12.1. The minimum absolute atomic E-state index is 0.863. The van der Waals surface area contributed by atoms with Crippen molar-refractivity contribution in [3.05, 3.63) is 87.5 Å². The Bertz CT molecular complexity index is 1450. The Morgan fingerprint density at radius 1 is 0.431 bits per heavy atom. The first-order chi connectivity index (χ1) is 28.6. The minimum atomic E-state index is 0.863. The van der Waals surface area contributed by atoms with E-state index in [0.717, 1.165) is 66.6 Å². The van der Waals surface area contributed by atoms with E-state index in [1.165, 1.54) is 182 Å². The first-order valence-electron chi connectivity index (χ1n) is 24.4. The van der Waals surface area contributed by atoms with E-state index in [9.17, 15) is 5.53 Å². The van der Waals surface area contributed by atoms with Crippen LogP contribution in [0.4, 0.5) is 0 Å². The molecule has 2 aromatic carbocycles. The van der Waals surface area contributed by atoms with E-state index in [1.807, 2.05) is 0 Å². The Kier molecular flexibility index (Phi) is 31.5. The second-order valence-corrected chi connectivity index (χ2v) is 18.0. The molecule has 0 atom stereocenters. The Labute approximate surface area is 366 Å². The van der Waals surface area contributed by atoms with Crippen molar-refractivity contribution in [2.24, 2.45) is 0 Å². The normalized spacial score (nSPS) is 12.6. The average Bonchev–Trinajstić information content (AvgIpc) is 3.51. The Hall–Kier alpha value is -2.43. The molecule has 1 heterocycles. The van der Waals surface area contributed by atoms with Crippen LogP contribution < -0.4 is 0 Å². The van der Waals surface area contributed by atoms with Crippen molar-refractivity contribution in [1.82, 2.24) is 0 Å². The zero-order valence-corrected chi connectivity index (χ0v) is 39.7. The number of hydrogen-bond acceptors (Lipinski definition) is 0. The summed E-state index contributed by atoms with van der Waals surface area (Å²) in [6.07, 6.45) is 40.0. The van der Waals surface area contributed by atoms with Gasteiger partial charge in [-0.05, 0) is 80.3 Å². The Morgan fingerprint density at radius 3 is 1.17 bits per heavy atom. The molecule has 0 amide bonds. The van der Waals surface area contributed by atoms with Gasteiger partial charge in [-0.25, -0.2) is 4.70 Å². The topological polar surface area (TPSA) is 25.3 Å². The van der Waals surface area contributed by atoms with E-state index in [0.29, 0.717) is 0 Å². The second-order valence-electron chi connectivity index (χ2n) is 17.0. The predicted molar refractivity (Wildman–Crippen MR) is 254 cm³/mol. The van der Waals surface area contributed by atoms with Gasteiger partial charge in [0.1, 0.15) is 5.57 Å². The molecule has 0 N–H and O–H groups in total. The van der Waals surface area contributed by atoms with Gasteiger partial charge < -0.3 is 5.53 Å². The third kappa shape index (κ3) is 21.7. The van der Waals surface area contributed by atoms with Crippen molar-refractivity contribution in [3.8, 4) is 11.8 Å². The van der Waals surface area contributed by atoms with Gasteiger partial charge in [-0.1, -0.05) is 211 Å². The molecular weight excluding hydrogens is 747 g/mol. The van der Waals surface area contributed by atoms with Crippen molar-refractivity contribution < 1.29 is 19.1 Å². The summed E-state index contributed by atoms with van der Waals surface area (Å²) in [6, 6.07) is 18.0.